The number of amides is 2. The molecule has 2 amide bonds. The van der Waals surface area contributed by atoms with Gasteiger partial charge in [-0.1, -0.05) is 61.3 Å². The van der Waals surface area contributed by atoms with Crippen LogP contribution in [0.3, 0.4) is 0 Å². The van der Waals surface area contributed by atoms with Crippen LogP contribution in [0.5, 0.6) is 5.75 Å². The van der Waals surface area contributed by atoms with Crippen molar-refractivity contribution in [2.45, 2.75) is 65.6 Å². The van der Waals surface area contributed by atoms with Crippen LogP contribution < -0.4 is 10.1 Å². The third-order valence-electron chi connectivity index (χ3n) is 4.91. The Morgan fingerprint density at radius 1 is 1.06 bits per heavy atom. The molecule has 0 bridgehead atoms. The molecule has 1 atom stereocenters. The lowest BCUT2D eigenvalue weighted by Gasteiger charge is -2.31. The first kappa shape index (κ1) is 26.0. The first-order valence-electron chi connectivity index (χ1n) is 10.7. The molecule has 0 aliphatic heterocycles. The highest BCUT2D eigenvalue weighted by molar-refractivity contribution is 6.35. The van der Waals surface area contributed by atoms with Crippen LogP contribution in [0, 0.1) is 0 Å². The molecule has 0 aromatic heterocycles. The number of hydrogen-bond donors (Lipinski definition) is 1. The predicted molar refractivity (Wildman–Crippen MR) is 130 cm³/mol. The molecule has 0 spiro atoms. The third kappa shape index (κ3) is 7.42. The number of nitrogens with one attached hydrogen (secondary N) is 1. The molecule has 0 radical (unpaired) electrons. The number of halogens is 2. The van der Waals surface area contributed by atoms with Crippen LogP contribution in [0.1, 0.15) is 58.6 Å². The summed E-state index contributed by atoms with van der Waals surface area (Å²) in [6.07, 6.45) is 0. The number of carbonyl (C=O) groups excluding carboxylic acids is 2. The molecule has 5 nitrogen and oxygen atoms in total. The summed E-state index contributed by atoms with van der Waals surface area (Å²) in [6, 6.07) is 12.0. The fraction of sp³-hybridized carbons (Fsp3) is 0.440. The number of hydrogen-bond acceptors (Lipinski definition) is 3. The zero-order valence-electron chi connectivity index (χ0n) is 19.5. The van der Waals surface area contributed by atoms with Crippen molar-refractivity contribution in [1.29, 1.82) is 0 Å². The van der Waals surface area contributed by atoms with Gasteiger partial charge in [-0.15, -0.1) is 0 Å². The lowest BCUT2D eigenvalue weighted by atomic mass is 10.0. The average Bonchev–Trinajstić information content (AvgIpc) is 2.70. The van der Waals surface area contributed by atoms with Crippen LogP contribution in [-0.2, 0) is 16.1 Å². The summed E-state index contributed by atoms with van der Waals surface area (Å²) in [5.74, 6) is 0.346. The highest BCUT2D eigenvalue weighted by Gasteiger charge is 2.29. The Morgan fingerprint density at radius 3 is 2.31 bits per heavy atom. The number of rotatable bonds is 8. The summed E-state index contributed by atoms with van der Waals surface area (Å²) in [7, 11) is 0. The standard InChI is InChI=1S/C25H32Cl2N2O3/c1-16(2)20-9-7-8-10-22(20)32-15-23(30)29(17(3)24(31)28-25(4,5)6)14-18-11-12-19(26)13-21(18)27/h7-13,16-17H,14-15H2,1-6H3,(H,28,31)/t17-/m1/s1. The van der Waals surface area contributed by atoms with Crippen molar-refractivity contribution in [3.8, 4) is 5.75 Å². The Kier molecular flexibility index (Phi) is 8.99. The molecule has 2 rings (SSSR count). The summed E-state index contributed by atoms with van der Waals surface area (Å²) in [5.41, 5.74) is 1.29. The highest BCUT2D eigenvalue weighted by Crippen LogP contribution is 2.27. The first-order valence-corrected chi connectivity index (χ1v) is 11.4. The van der Waals surface area contributed by atoms with Crippen LogP contribution in [-0.4, -0.2) is 34.9 Å². The number of ether oxygens (including phenoxy) is 1. The van der Waals surface area contributed by atoms with Crippen LogP contribution >= 0.6 is 23.2 Å². The van der Waals surface area contributed by atoms with Crippen molar-refractivity contribution >= 4 is 35.0 Å². The fourth-order valence-electron chi connectivity index (χ4n) is 3.20. The van der Waals surface area contributed by atoms with Crippen molar-refractivity contribution in [1.82, 2.24) is 10.2 Å². The van der Waals surface area contributed by atoms with E-state index in [1.807, 2.05) is 45.0 Å². The van der Waals surface area contributed by atoms with E-state index < -0.39 is 11.6 Å². The van der Waals surface area contributed by atoms with Gasteiger partial charge in [0.15, 0.2) is 6.61 Å². The van der Waals surface area contributed by atoms with Crippen LogP contribution in [0.2, 0.25) is 10.0 Å². The van der Waals surface area contributed by atoms with Gasteiger partial charge in [0.05, 0.1) is 0 Å². The van der Waals surface area contributed by atoms with Crippen LogP contribution in [0.15, 0.2) is 42.5 Å². The van der Waals surface area contributed by atoms with Crippen molar-refractivity contribution in [3.63, 3.8) is 0 Å². The van der Waals surface area contributed by atoms with Gasteiger partial charge >= 0.3 is 0 Å². The highest BCUT2D eigenvalue weighted by atomic mass is 35.5. The molecule has 1 N–H and O–H groups in total. The summed E-state index contributed by atoms with van der Waals surface area (Å²) in [6.45, 7) is 11.5. The van der Waals surface area contributed by atoms with E-state index in [0.717, 1.165) is 5.56 Å². The Balaban J connectivity index is 2.26. The van der Waals surface area contributed by atoms with Gasteiger partial charge < -0.3 is 15.0 Å². The van der Waals surface area contributed by atoms with Gasteiger partial charge in [-0.25, -0.2) is 0 Å². The minimum atomic E-state index is -0.725. The van der Waals surface area contributed by atoms with Gasteiger partial charge in [0, 0.05) is 22.1 Å². The monoisotopic (exact) mass is 478 g/mol. The van der Waals surface area contributed by atoms with Gasteiger partial charge in [0.2, 0.25) is 5.91 Å². The van der Waals surface area contributed by atoms with Crippen LogP contribution in [0.25, 0.3) is 0 Å². The molecule has 0 aliphatic carbocycles. The molecular weight excluding hydrogens is 447 g/mol. The van der Waals surface area contributed by atoms with Gasteiger partial charge in [0.1, 0.15) is 11.8 Å². The molecule has 0 saturated heterocycles. The van der Waals surface area contributed by atoms with E-state index in [0.29, 0.717) is 21.4 Å². The molecular formula is C25H32Cl2N2O3. The number of nitrogens with zero attached hydrogens (tertiary/aromatic N) is 1. The molecule has 7 heteroatoms. The molecule has 0 unspecified atom stereocenters. The van der Waals surface area contributed by atoms with E-state index in [1.165, 1.54) is 4.90 Å². The van der Waals surface area contributed by atoms with Gasteiger partial charge in [-0.3, -0.25) is 9.59 Å². The van der Waals surface area contributed by atoms with E-state index in [9.17, 15) is 9.59 Å². The van der Waals surface area contributed by atoms with Crippen molar-refractivity contribution in [2.24, 2.45) is 0 Å². The Morgan fingerprint density at radius 2 is 1.72 bits per heavy atom. The smallest absolute Gasteiger partial charge is 0.261 e. The Hall–Kier alpha value is -2.24. The molecule has 0 fully saturated rings. The lowest BCUT2D eigenvalue weighted by molar-refractivity contribution is -0.142. The van der Waals surface area contributed by atoms with E-state index in [2.05, 4.69) is 19.2 Å². The Bertz CT molecular complexity index is 954. The fourth-order valence-corrected chi connectivity index (χ4v) is 3.67. The zero-order valence-corrected chi connectivity index (χ0v) is 21.1. The molecule has 2 aromatic rings. The minimum absolute atomic E-state index is 0.156. The van der Waals surface area contributed by atoms with Gasteiger partial charge in [-0.05, 0) is 62.9 Å². The predicted octanol–water partition coefficient (Wildman–Crippen LogP) is 5.83. The Labute approximate surface area is 201 Å². The summed E-state index contributed by atoms with van der Waals surface area (Å²) in [5, 5.41) is 3.87. The summed E-state index contributed by atoms with van der Waals surface area (Å²) < 4.78 is 5.88. The van der Waals surface area contributed by atoms with E-state index >= 15 is 0 Å². The third-order valence-corrected chi connectivity index (χ3v) is 5.50. The second-order valence-corrected chi connectivity index (χ2v) is 10.00. The molecule has 32 heavy (non-hydrogen) atoms. The number of benzene rings is 2. The SMILES string of the molecule is CC(C)c1ccccc1OCC(=O)N(Cc1ccc(Cl)cc1Cl)[C@H](C)C(=O)NC(C)(C)C. The van der Waals surface area contributed by atoms with E-state index in [-0.39, 0.29) is 30.9 Å². The van der Waals surface area contributed by atoms with Crippen molar-refractivity contribution < 1.29 is 14.3 Å². The quantitative estimate of drug-likeness (QED) is 0.519. The topological polar surface area (TPSA) is 58.6 Å². The molecule has 174 valence electrons. The van der Waals surface area contributed by atoms with Crippen LogP contribution in [0.4, 0.5) is 0 Å². The molecule has 0 aliphatic rings. The maximum absolute atomic E-state index is 13.2. The number of para-hydroxylation sites is 1. The van der Waals surface area contributed by atoms with Crippen molar-refractivity contribution in [3.05, 3.63) is 63.6 Å². The maximum atomic E-state index is 13.2. The zero-order chi connectivity index (χ0) is 24.1. The molecule has 2 aromatic carbocycles. The second kappa shape index (κ2) is 11.1. The van der Waals surface area contributed by atoms with Crippen molar-refractivity contribution in [2.75, 3.05) is 6.61 Å². The average molecular weight is 479 g/mol. The van der Waals surface area contributed by atoms with E-state index in [1.54, 1.807) is 25.1 Å². The normalized spacial score (nSPS) is 12.4. The summed E-state index contributed by atoms with van der Waals surface area (Å²) >= 11 is 12.4. The molecule has 0 heterocycles. The lowest BCUT2D eigenvalue weighted by Crippen LogP contribution is -2.53. The summed E-state index contributed by atoms with van der Waals surface area (Å²) in [4.78, 5) is 27.6. The van der Waals surface area contributed by atoms with Gasteiger partial charge in [0.25, 0.3) is 5.91 Å². The molecule has 0 saturated carbocycles. The second-order valence-electron chi connectivity index (χ2n) is 9.15. The van der Waals surface area contributed by atoms with E-state index in [4.69, 9.17) is 27.9 Å². The first-order chi connectivity index (χ1) is 14.9. The van der Waals surface area contributed by atoms with Gasteiger partial charge in [-0.2, -0.15) is 0 Å². The largest absolute Gasteiger partial charge is 0.483 e. The number of carbonyl (C=O) groups is 2. The maximum Gasteiger partial charge on any atom is 0.261 e. The minimum Gasteiger partial charge on any atom is -0.483 e.